The summed E-state index contributed by atoms with van der Waals surface area (Å²) in [7, 11) is 0. The first-order valence-electron chi connectivity index (χ1n) is 8.62. The third-order valence-corrected chi connectivity index (χ3v) is 4.78. The lowest BCUT2D eigenvalue weighted by Gasteiger charge is -2.33. The first-order chi connectivity index (χ1) is 11.6. The smallest absolute Gasteiger partial charge is 0.234 e. The number of amides is 1. The highest BCUT2D eigenvalue weighted by molar-refractivity contribution is 5.78. The molecule has 3 rings (SSSR count). The van der Waals surface area contributed by atoms with E-state index in [-0.39, 0.29) is 24.1 Å². The lowest BCUT2D eigenvalue weighted by molar-refractivity contribution is -0.124. The van der Waals surface area contributed by atoms with Crippen LogP contribution in [0.1, 0.15) is 31.4 Å². The van der Waals surface area contributed by atoms with E-state index < -0.39 is 0 Å². The van der Waals surface area contributed by atoms with E-state index in [1.165, 1.54) is 12.1 Å². The molecule has 2 aliphatic heterocycles. The van der Waals surface area contributed by atoms with Crippen LogP contribution in [0.2, 0.25) is 0 Å². The summed E-state index contributed by atoms with van der Waals surface area (Å²) in [5.41, 5.74) is 0.902. The Hall–Kier alpha value is -1.50. The van der Waals surface area contributed by atoms with E-state index in [1.807, 2.05) is 6.92 Å². The Labute approximate surface area is 142 Å². The molecule has 2 heterocycles. The zero-order valence-electron chi connectivity index (χ0n) is 14.0. The van der Waals surface area contributed by atoms with Gasteiger partial charge in [-0.15, -0.1) is 0 Å². The SMILES string of the molecule is CC(NC(=O)CN1CCC(C2OCCO2)CC1)c1ccc(F)cc1. The number of hydrogen-bond donors (Lipinski definition) is 1. The fraction of sp³-hybridized carbons (Fsp3) is 0.611. The molecule has 2 aliphatic rings. The molecule has 0 radical (unpaired) electrons. The van der Waals surface area contributed by atoms with Crippen LogP contribution in [0, 0.1) is 11.7 Å². The van der Waals surface area contributed by atoms with E-state index in [1.54, 1.807) is 12.1 Å². The van der Waals surface area contributed by atoms with Crippen molar-refractivity contribution >= 4 is 5.91 Å². The van der Waals surface area contributed by atoms with Crippen LogP contribution >= 0.6 is 0 Å². The Morgan fingerprint density at radius 1 is 1.25 bits per heavy atom. The fourth-order valence-corrected chi connectivity index (χ4v) is 3.36. The normalized spacial score (nSPS) is 21.8. The lowest BCUT2D eigenvalue weighted by Crippen LogP contribution is -2.43. The van der Waals surface area contributed by atoms with E-state index in [2.05, 4.69) is 10.2 Å². The van der Waals surface area contributed by atoms with Crippen molar-refractivity contribution in [3.05, 3.63) is 35.6 Å². The molecule has 0 bridgehead atoms. The Morgan fingerprint density at radius 3 is 2.50 bits per heavy atom. The zero-order chi connectivity index (χ0) is 16.9. The molecule has 0 aromatic heterocycles. The van der Waals surface area contributed by atoms with Crippen LogP contribution in [0.5, 0.6) is 0 Å². The minimum Gasteiger partial charge on any atom is -0.350 e. The molecule has 2 fully saturated rings. The highest BCUT2D eigenvalue weighted by Gasteiger charge is 2.30. The van der Waals surface area contributed by atoms with E-state index >= 15 is 0 Å². The van der Waals surface area contributed by atoms with Gasteiger partial charge in [0.1, 0.15) is 5.82 Å². The molecule has 1 unspecified atom stereocenters. The van der Waals surface area contributed by atoms with Crippen molar-refractivity contribution in [1.82, 2.24) is 10.2 Å². The van der Waals surface area contributed by atoms with Crippen LogP contribution in [0.15, 0.2) is 24.3 Å². The maximum Gasteiger partial charge on any atom is 0.234 e. The summed E-state index contributed by atoms with van der Waals surface area (Å²) >= 11 is 0. The van der Waals surface area contributed by atoms with E-state index in [0.717, 1.165) is 31.5 Å². The van der Waals surface area contributed by atoms with Crippen molar-refractivity contribution in [3.8, 4) is 0 Å². The maximum absolute atomic E-state index is 13.0. The van der Waals surface area contributed by atoms with Crippen molar-refractivity contribution < 1.29 is 18.7 Å². The third kappa shape index (κ3) is 4.53. The van der Waals surface area contributed by atoms with Gasteiger partial charge in [0.2, 0.25) is 5.91 Å². The summed E-state index contributed by atoms with van der Waals surface area (Å²) in [5.74, 6) is 0.166. The molecule has 2 saturated heterocycles. The van der Waals surface area contributed by atoms with Crippen molar-refractivity contribution in [2.75, 3.05) is 32.8 Å². The van der Waals surface area contributed by atoms with Crippen LogP contribution in [0.3, 0.4) is 0 Å². The quantitative estimate of drug-likeness (QED) is 0.895. The molecule has 24 heavy (non-hydrogen) atoms. The average molecular weight is 336 g/mol. The lowest BCUT2D eigenvalue weighted by atomic mass is 9.96. The molecular formula is C18H25FN2O3. The summed E-state index contributed by atoms with van der Waals surface area (Å²) in [4.78, 5) is 14.4. The number of ether oxygens (including phenoxy) is 2. The summed E-state index contributed by atoms with van der Waals surface area (Å²) < 4.78 is 24.1. The van der Waals surface area contributed by atoms with Gasteiger partial charge < -0.3 is 14.8 Å². The van der Waals surface area contributed by atoms with Gasteiger partial charge >= 0.3 is 0 Å². The molecule has 1 atom stereocenters. The molecule has 6 heteroatoms. The molecular weight excluding hydrogens is 311 g/mol. The van der Waals surface area contributed by atoms with E-state index in [9.17, 15) is 9.18 Å². The first kappa shape index (κ1) is 17.3. The molecule has 1 aromatic carbocycles. The monoisotopic (exact) mass is 336 g/mol. The number of likely N-dealkylation sites (tertiary alicyclic amines) is 1. The molecule has 1 amide bonds. The Kier molecular flexibility index (Phi) is 5.81. The Morgan fingerprint density at radius 2 is 1.88 bits per heavy atom. The number of nitrogens with zero attached hydrogens (tertiary/aromatic N) is 1. The summed E-state index contributed by atoms with van der Waals surface area (Å²) in [6.45, 7) is 5.44. The van der Waals surface area contributed by atoms with Crippen molar-refractivity contribution in [1.29, 1.82) is 0 Å². The number of carbonyl (C=O) groups excluding carboxylic acids is 1. The van der Waals surface area contributed by atoms with Gasteiger partial charge in [-0.25, -0.2) is 4.39 Å². The van der Waals surface area contributed by atoms with Gasteiger partial charge in [0.25, 0.3) is 0 Å². The number of hydrogen-bond acceptors (Lipinski definition) is 4. The van der Waals surface area contributed by atoms with Gasteiger partial charge in [0.15, 0.2) is 6.29 Å². The van der Waals surface area contributed by atoms with Gasteiger partial charge in [0, 0.05) is 5.92 Å². The standard InChI is InChI=1S/C18H25FN2O3/c1-13(14-2-4-16(19)5-3-14)20-17(22)12-21-8-6-15(7-9-21)18-23-10-11-24-18/h2-5,13,15,18H,6-12H2,1H3,(H,20,22). The third-order valence-electron chi connectivity index (χ3n) is 4.78. The van der Waals surface area contributed by atoms with Gasteiger partial charge in [-0.2, -0.15) is 0 Å². The predicted molar refractivity (Wildman–Crippen MR) is 87.8 cm³/mol. The number of rotatable bonds is 5. The van der Waals surface area contributed by atoms with Crippen LogP contribution < -0.4 is 5.32 Å². The number of nitrogens with one attached hydrogen (secondary N) is 1. The molecule has 0 aliphatic carbocycles. The van der Waals surface area contributed by atoms with E-state index in [0.29, 0.717) is 25.7 Å². The average Bonchev–Trinajstić information content (AvgIpc) is 3.10. The minimum atomic E-state index is -0.268. The molecule has 0 spiro atoms. The van der Waals surface area contributed by atoms with Crippen molar-refractivity contribution in [2.24, 2.45) is 5.92 Å². The Balaban J connectivity index is 1.41. The Bertz CT molecular complexity index is 538. The minimum absolute atomic E-state index is 0.00126. The van der Waals surface area contributed by atoms with Gasteiger partial charge in [-0.3, -0.25) is 9.69 Å². The topological polar surface area (TPSA) is 50.8 Å². The van der Waals surface area contributed by atoms with Crippen LogP contribution in [0.4, 0.5) is 4.39 Å². The van der Waals surface area contributed by atoms with Crippen LogP contribution in [-0.2, 0) is 14.3 Å². The zero-order valence-corrected chi connectivity index (χ0v) is 14.0. The van der Waals surface area contributed by atoms with Gasteiger partial charge in [-0.1, -0.05) is 12.1 Å². The number of piperidine rings is 1. The number of carbonyl (C=O) groups is 1. The number of benzene rings is 1. The van der Waals surface area contributed by atoms with Gasteiger partial charge in [-0.05, 0) is 50.6 Å². The van der Waals surface area contributed by atoms with Crippen LogP contribution in [-0.4, -0.2) is 49.9 Å². The number of halogens is 1. The van der Waals surface area contributed by atoms with Crippen molar-refractivity contribution in [3.63, 3.8) is 0 Å². The van der Waals surface area contributed by atoms with Crippen LogP contribution in [0.25, 0.3) is 0 Å². The first-order valence-corrected chi connectivity index (χ1v) is 8.62. The predicted octanol–water partition coefficient (Wildman–Crippen LogP) is 2.09. The summed E-state index contributed by atoms with van der Waals surface area (Å²) in [6, 6.07) is 6.10. The molecule has 1 N–H and O–H groups in total. The second-order valence-corrected chi connectivity index (χ2v) is 6.56. The fourth-order valence-electron chi connectivity index (χ4n) is 3.36. The largest absolute Gasteiger partial charge is 0.350 e. The molecule has 5 nitrogen and oxygen atoms in total. The summed E-state index contributed by atoms with van der Waals surface area (Å²) in [6.07, 6.45) is 1.93. The molecule has 1 aromatic rings. The second kappa shape index (κ2) is 8.05. The summed E-state index contributed by atoms with van der Waals surface area (Å²) in [5, 5.41) is 2.98. The highest BCUT2D eigenvalue weighted by Crippen LogP contribution is 2.25. The molecule has 132 valence electrons. The molecule has 0 saturated carbocycles. The van der Waals surface area contributed by atoms with Crippen molar-refractivity contribution in [2.45, 2.75) is 32.1 Å². The highest BCUT2D eigenvalue weighted by atomic mass is 19.1. The van der Waals surface area contributed by atoms with Gasteiger partial charge in [0.05, 0.1) is 25.8 Å². The second-order valence-electron chi connectivity index (χ2n) is 6.56. The van der Waals surface area contributed by atoms with E-state index in [4.69, 9.17) is 9.47 Å². The maximum atomic E-state index is 13.0.